The lowest BCUT2D eigenvalue weighted by atomic mass is 10.2. The Labute approximate surface area is 98.4 Å². The topological polar surface area (TPSA) is 71.0 Å². The van der Waals surface area contributed by atoms with Gasteiger partial charge in [0.05, 0.1) is 0 Å². The number of nitrogens with zero attached hydrogens (tertiary/aromatic N) is 3. The molecule has 2 rings (SSSR count). The third kappa shape index (κ3) is 3.36. The van der Waals surface area contributed by atoms with Gasteiger partial charge >= 0.3 is 6.16 Å². The summed E-state index contributed by atoms with van der Waals surface area (Å²) in [6, 6.07) is 0. The van der Waals surface area contributed by atoms with E-state index in [-0.39, 0.29) is 6.79 Å². The van der Waals surface area contributed by atoms with Crippen molar-refractivity contribution in [2.45, 2.75) is 32.8 Å². The van der Waals surface area contributed by atoms with E-state index in [9.17, 15) is 4.79 Å². The molecule has 1 aromatic rings. The van der Waals surface area contributed by atoms with Crippen LogP contribution in [0.25, 0.3) is 0 Å². The summed E-state index contributed by atoms with van der Waals surface area (Å²) >= 11 is 0. The van der Waals surface area contributed by atoms with E-state index < -0.39 is 11.8 Å². The molecule has 0 saturated carbocycles. The molecule has 2 heterocycles. The quantitative estimate of drug-likeness (QED) is 0.572. The standard InChI is InChI=1S/C9H17N3O5/c1-9(2,3)16-8(13)14-7-15-12-11(17-12)10-5-4-6-10/h4-7H2,1-3H3. The molecule has 8 heteroatoms. The van der Waals surface area contributed by atoms with Gasteiger partial charge in [0.1, 0.15) is 10.6 Å². The molecule has 0 bridgehead atoms. The molecule has 0 atom stereocenters. The first kappa shape index (κ1) is 11.7. The summed E-state index contributed by atoms with van der Waals surface area (Å²) < 4.78 is 14.6. The maximum Gasteiger partial charge on any atom is 0.511 e. The van der Waals surface area contributed by atoms with E-state index in [4.69, 9.17) is 18.9 Å². The molecule has 98 valence electrons. The van der Waals surface area contributed by atoms with Crippen molar-refractivity contribution in [2.24, 2.45) is 0 Å². The lowest BCUT2D eigenvalue weighted by Crippen LogP contribution is -2.44. The van der Waals surface area contributed by atoms with Crippen molar-refractivity contribution in [2.75, 3.05) is 24.9 Å². The molecule has 1 aliphatic rings. The predicted octanol–water partition coefficient (Wildman–Crippen LogP) is 0.562. The first-order valence-electron chi connectivity index (χ1n) is 5.47. The van der Waals surface area contributed by atoms with Crippen molar-refractivity contribution in [1.29, 1.82) is 0 Å². The van der Waals surface area contributed by atoms with E-state index in [0.717, 1.165) is 24.5 Å². The van der Waals surface area contributed by atoms with E-state index >= 15 is 0 Å². The number of hydrogen-bond acceptors (Lipinski definition) is 6. The van der Waals surface area contributed by atoms with Gasteiger partial charge in [0.15, 0.2) is 0 Å². The molecule has 0 aromatic carbocycles. The number of carbonyl (C=O) groups excluding carboxylic acids is 1. The van der Waals surface area contributed by atoms with Crippen LogP contribution in [-0.2, 0) is 9.47 Å². The summed E-state index contributed by atoms with van der Waals surface area (Å²) in [6.07, 6.45) is 0.372. The Bertz CT molecular complexity index is 368. The first-order chi connectivity index (χ1) is 7.96. The molecule has 0 spiro atoms. The van der Waals surface area contributed by atoms with Crippen molar-refractivity contribution in [3.8, 4) is 0 Å². The molecule has 0 unspecified atom stereocenters. The van der Waals surface area contributed by atoms with Crippen LogP contribution in [0.15, 0.2) is 4.63 Å². The van der Waals surface area contributed by atoms with Crippen LogP contribution in [0.5, 0.6) is 0 Å². The Morgan fingerprint density at radius 2 is 2.06 bits per heavy atom. The van der Waals surface area contributed by atoms with Crippen LogP contribution in [-0.4, -0.2) is 41.6 Å². The molecular formula is C9H17N3O5. The van der Waals surface area contributed by atoms with Crippen molar-refractivity contribution >= 4 is 6.16 Å². The van der Waals surface area contributed by atoms with E-state index in [2.05, 4.69) is 0 Å². The third-order valence-electron chi connectivity index (χ3n) is 2.06. The number of hydrogen-bond donors (Lipinski definition) is 0. The minimum Gasteiger partial charge on any atom is -0.428 e. The van der Waals surface area contributed by atoms with Crippen LogP contribution >= 0.6 is 0 Å². The molecule has 0 radical (unpaired) electrons. The zero-order valence-corrected chi connectivity index (χ0v) is 10.2. The van der Waals surface area contributed by atoms with Crippen molar-refractivity contribution in [1.82, 2.24) is 9.98 Å². The van der Waals surface area contributed by atoms with Crippen molar-refractivity contribution in [3.05, 3.63) is 0 Å². The molecule has 1 fully saturated rings. The normalized spacial score (nSPS) is 15.6. The predicted molar refractivity (Wildman–Crippen MR) is 56.0 cm³/mol. The fraction of sp³-hybridized carbons (Fsp3) is 0.889. The van der Waals surface area contributed by atoms with E-state index in [1.165, 1.54) is 4.96 Å². The number of aromatic nitrogens is 2. The van der Waals surface area contributed by atoms with Crippen LogP contribution in [0.2, 0.25) is 0 Å². The average molecular weight is 247 g/mol. The van der Waals surface area contributed by atoms with Crippen LogP contribution < -0.4 is 9.85 Å². The maximum absolute atomic E-state index is 11.1. The largest absolute Gasteiger partial charge is 0.511 e. The second kappa shape index (κ2) is 4.27. The van der Waals surface area contributed by atoms with Gasteiger partial charge in [0.2, 0.25) is 0 Å². The van der Waals surface area contributed by atoms with Crippen molar-refractivity contribution < 1.29 is 23.7 Å². The summed E-state index contributed by atoms with van der Waals surface area (Å²) in [5.74, 6) is 0. The van der Waals surface area contributed by atoms with Gasteiger partial charge in [-0.15, -0.1) is 0 Å². The fourth-order valence-corrected chi connectivity index (χ4v) is 1.14. The first-order valence-corrected chi connectivity index (χ1v) is 5.47. The van der Waals surface area contributed by atoms with Gasteiger partial charge in [-0.25, -0.2) is 4.79 Å². The van der Waals surface area contributed by atoms with E-state index in [0.29, 0.717) is 0 Å². The highest BCUT2D eigenvalue weighted by Gasteiger charge is 2.26. The fourth-order valence-electron chi connectivity index (χ4n) is 1.14. The molecule has 17 heavy (non-hydrogen) atoms. The molecule has 1 saturated heterocycles. The lowest BCUT2D eigenvalue weighted by molar-refractivity contribution is -0.0869. The lowest BCUT2D eigenvalue weighted by Gasteiger charge is -2.25. The molecule has 1 aromatic heterocycles. The molecule has 0 N–H and O–H groups in total. The highest BCUT2D eigenvalue weighted by Crippen LogP contribution is 2.09. The molecule has 0 amide bonds. The van der Waals surface area contributed by atoms with Gasteiger partial charge in [-0.3, -0.25) is 5.01 Å². The Kier molecular flexibility index (Phi) is 2.95. The van der Waals surface area contributed by atoms with Crippen LogP contribution in [0.3, 0.4) is 0 Å². The van der Waals surface area contributed by atoms with Gasteiger partial charge in [-0.2, -0.15) is 4.63 Å². The highest BCUT2D eigenvalue weighted by atomic mass is 17.0. The maximum atomic E-state index is 11.1. The van der Waals surface area contributed by atoms with Crippen LogP contribution in [0, 0.1) is 0 Å². The smallest absolute Gasteiger partial charge is 0.428 e. The summed E-state index contributed by atoms with van der Waals surface area (Å²) in [5, 5.41) is 3.08. The second-order valence-electron chi connectivity index (χ2n) is 4.74. The number of rotatable bonds is 4. The van der Waals surface area contributed by atoms with Crippen LogP contribution in [0.4, 0.5) is 4.79 Å². The van der Waals surface area contributed by atoms with E-state index in [1.807, 2.05) is 5.01 Å². The second-order valence-corrected chi connectivity index (χ2v) is 4.74. The highest BCUT2D eigenvalue weighted by molar-refractivity contribution is 5.60. The van der Waals surface area contributed by atoms with Crippen molar-refractivity contribution in [3.63, 3.8) is 0 Å². The summed E-state index contributed by atoms with van der Waals surface area (Å²) in [5.41, 5.74) is -0.572. The van der Waals surface area contributed by atoms with Gasteiger partial charge < -0.3 is 14.3 Å². The summed E-state index contributed by atoms with van der Waals surface area (Å²) in [6.45, 7) is 6.90. The minimum atomic E-state index is -0.769. The zero-order valence-electron chi connectivity index (χ0n) is 10.2. The van der Waals surface area contributed by atoms with Gasteiger partial charge in [-0.05, 0) is 27.2 Å². The Morgan fingerprint density at radius 3 is 2.59 bits per heavy atom. The Balaban J connectivity index is 1.60. The van der Waals surface area contributed by atoms with Gasteiger partial charge in [-0.1, -0.05) is 0 Å². The number of ether oxygens (including phenoxy) is 2. The monoisotopic (exact) mass is 247 g/mol. The summed E-state index contributed by atoms with van der Waals surface area (Å²) in [7, 11) is 0. The van der Waals surface area contributed by atoms with E-state index in [1.54, 1.807) is 20.8 Å². The molecular weight excluding hydrogens is 230 g/mol. The SMILES string of the molecule is CC(C)(C)OC(=O)OCOn1on1N1CCC1. The number of carbonyl (C=O) groups is 1. The van der Waals surface area contributed by atoms with Gasteiger partial charge in [0.25, 0.3) is 6.79 Å². The molecule has 0 aliphatic carbocycles. The molecule has 1 aliphatic heterocycles. The summed E-state index contributed by atoms with van der Waals surface area (Å²) in [4.78, 5) is 17.6. The third-order valence-corrected chi connectivity index (χ3v) is 2.06. The average Bonchev–Trinajstić information content (AvgIpc) is 2.77. The Morgan fingerprint density at radius 1 is 1.35 bits per heavy atom. The molecule has 8 nitrogen and oxygen atoms in total. The Hall–Kier alpha value is -1.73. The van der Waals surface area contributed by atoms with Crippen LogP contribution in [0.1, 0.15) is 27.2 Å². The minimum absolute atomic E-state index is 0.251. The van der Waals surface area contributed by atoms with Gasteiger partial charge in [0, 0.05) is 18.1 Å². The zero-order chi connectivity index (χ0) is 12.5.